The third-order valence-corrected chi connectivity index (χ3v) is 4.91. The summed E-state index contributed by atoms with van der Waals surface area (Å²) < 4.78 is 40.6. The second-order valence-corrected chi connectivity index (χ2v) is 6.97. The summed E-state index contributed by atoms with van der Waals surface area (Å²) in [6, 6.07) is 14.4. The number of alkyl halides is 3. The second kappa shape index (κ2) is 7.46. The van der Waals surface area contributed by atoms with E-state index in [1.807, 2.05) is 30.3 Å². The summed E-state index contributed by atoms with van der Waals surface area (Å²) in [5, 5.41) is 7.21. The van der Waals surface area contributed by atoms with Gasteiger partial charge in [-0.2, -0.15) is 18.3 Å². The van der Waals surface area contributed by atoms with Gasteiger partial charge in [0.1, 0.15) is 0 Å². The van der Waals surface area contributed by atoms with Crippen molar-refractivity contribution < 1.29 is 18.0 Å². The standard InChI is InChI=1S/C21H14ClF3N4O/c1-12-15(20(30)27-14-7-8-17(22)16(10-14)21(23,24)25)11-26-29(12)19-9-6-13-4-2-3-5-18(13)28-19/h2-11H,1H3,(H,27,30). The molecule has 0 atom stereocenters. The van der Waals surface area contributed by atoms with Crippen LogP contribution in [0.5, 0.6) is 0 Å². The lowest BCUT2D eigenvalue weighted by Gasteiger charge is -2.12. The van der Waals surface area contributed by atoms with Crippen LogP contribution < -0.4 is 5.32 Å². The molecule has 0 aliphatic heterocycles. The fourth-order valence-electron chi connectivity index (χ4n) is 3.06. The van der Waals surface area contributed by atoms with E-state index in [1.54, 1.807) is 13.0 Å². The number of fused-ring (bicyclic) bond motifs is 1. The SMILES string of the molecule is Cc1c(C(=O)Nc2ccc(Cl)c(C(F)(F)F)c2)cnn1-c1ccc2ccccc2n1. The van der Waals surface area contributed by atoms with Crippen molar-refractivity contribution in [2.45, 2.75) is 13.1 Å². The summed E-state index contributed by atoms with van der Waals surface area (Å²) in [4.78, 5) is 17.2. The van der Waals surface area contributed by atoms with Crippen molar-refractivity contribution in [3.05, 3.63) is 82.6 Å². The Labute approximate surface area is 174 Å². The summed E-state index contributed by atoms with van der Waals surface area (Å²) >= 11 is 5.62. The van der Waals surface area contributed by atoms with E-state index in [0.29, 0.717) is 11.5 Å². The number of para-hydroxylation sites is 1. The highest BCUT2D eigenvalue weighted by molar-refractivity contribution is 6.31. The van der Waals surface area contributed by atoms with Crippen molar-refractivity contribution >= 4 is 34.1 Å². The number of benzene rings is 2. The normalized spacial score (nSPS) is 11.6. The molecular formula is C21H14ClF3N4O. The number of aromatic nitrogens is 3. The van der Waals surface area contributed by atoms with Gasteiger partial charge in [0.15, 0.2) is 5.82 Å². The number of carbonyl (C=O) groups is 1. The van der Waals surface area contributed by atoms with E-state index >= 15 is 0 Å². The molecule has 2 heterocycles. The van der Waals surface area contributed by atoms with Gasteiger partial charge in [-0.3, -0.25) is 4.79 Å². The molecule has 0 saturated heterocycles. The lowest BCUT2D eigenvalue weighted by molar-refractivity contribution is -0.137. The predicted octanol–water partition coefficient (Wildman–Crippen LogP) is 5.65. The Morgan fingerprint density at radius 3 is 2.63 bits per heavy atom. The third kappa shape index (κ3) is 3.73. The number of hydrogen-bond acceptors (Lipinski definition) is 3. The quantitative estimate of drug-likeness (QED) is 0.456. The minimum atomic E-state index is -4.62. The number of nitrogens with zero attached hydrogens (tertiary/aromatic N) is 3. The highest BCUT2D eigenvalue weighted by atomic mass is 35.5. The molecule has 9 heteroatoms. The summed E-state index contributed by atoms with van der Waals surface area (Å²) in [5.74, 6) is -0.0638. The third-order valence-electron chi connectivity index (χ3n) is 4.58. The van der Waals surface area contributed by atoms with Crippen LogP contribution in [-0.4, -0.2) is 20.7 Å². The first-order valence-electron chi connectivity index (χ1n) is 8.83. The molecule has 0 radical (unpaired) electrons. The number of rotatable bonds is 3. The molecule has 0 bridgehead atoms. The van der Waals surface area contributed by atoms with E-state index in [2.05, 4.69) is 15.4 Å². The molecule has 0 aliphatic rings. The topological polar surface area (TPSA) is 59.8 Å². The van der Waals surface area contributed by atoms with Gasteiger partial charge in [-0.05, 0) is 43.3 Å². The molecule has 5 nitrogen and oxygen atoms in total. The van der Waals surface area contributed by atoms with E-state index in [0.717, 1.165) is 23.0 Å². The van der Waals surface area contributed by atoms with E-state index in [4.69, 9.17) is 11.6 Å². The predicted molar refractivity (Wildman–Crippen MR) is 108 cm³/mol. The molecule has 1 N–H and O–H groups in total. The summed E-state index contributed by atoms with van der Waals surface area (Å²) in [6.45, 7) is 1.68. The van der Waals surface area contributed by atoms with Crippen molar-refractivity contribution in [1.29, 1.82) is 0 Å². The van der Waals surface area contributed by atoms with Crippen LogP contribution in [0.25, 0.3) is 16.7 Å². The molecule has 1 amide bonds. The van der Waals surface area contributed by atoms with Crippen LogP contribution in [0.15, 0.2) is 60.8 Å². The number of carbonyl (C=O) groups excluding carboxylic acids is 1. The zero-order valence-corrected chi connectivity index (χ0v) is 16.3. The van der Waals surface area contributed by atoms with Gasteiger partial charge in [0, 0.05) is 11.1 Å². The number of halogens is 4. The van der Waals surface area contributed by atoms with Gasteiger partial charge in [0.2, 0.25) is 0 Å². The van der Waals surface area contributed by atoms with Crippen molar-refractivity contribution in [3.63, 3.8) is 0 Å². The Balaban J connectivity index is 1.63. The van der Waals surface area contributed by atoms with Gasteiger partial charge in [0.25, 0.3) is 5.91 Å². The minimum absolute atomic E-state index is 0.0206. The van der Waals surface area contributed by atoms with Crippen molar-refractivity contribution in [1.82, 2.24) is 14.8 Å². The van der Waals surface area contributed by atoms with Gasteiger partial charge < -0.3 is 5.32 Å². The molecule has 0 fully saturated rings. The molecule has 0 spiro atoms. The first-order valence-corrected chi connectivity index (χ1v) is 9.21. The zero-order valence-electron chi connectivity index (χ0n) is 15.5. The fraction of sp³-hybridized carbons (Fsp3) is 0.0952. The van der Waals surface area contributed by atoms with E-state index in [-0.39, 0.29) is 11.3 Å². The van der Waals surface area contributed by atoms with E-state index in [1.165, 1.54) is 16.9 Å². The van der Waals surface area contributed by atoms with Crippen molar-refractivity contribution in [2.24, 2.45) is 0 Å². The van der Waals surface area contributed by atoms with E-state index in [9.17, 15) is 18.0 Å². The maximum absolute atomic E-state index is 13.0. The van der Waals surface area contributed by atoms with Crippen molar-refractivity contribution in [3.8, 4) is 5.82 Å². The van der Waals surface area contributed by atoms with Gasteiger partial charge in [-0.1, -0.05) is 29.8 Å². The lowest BCUT2D eigenvalue weighted by Crippen LogP contribution is -2.14. The molecule has 30 heavy (non-hydrogen) atoms. The second-order valence-electron chi connectivity index (χ2n) is 6.56. The minimum Gasteiger partial charge on any atom is -0.322 e. The molecule has 152 valence electrons. The molecular weight excluding hydrogens is 417 g/mol. The number of pyridine rings is 1. The van der Waals surface area contributed by atoms with Gasteiger partial charge in [-0.15, -0.1) is 0 Å². The molecule has 4 rings (SSSR count). The van der Waals surface area contributed by atoms with Crippen LogP contribution in [0.1, 0.15) is 21.6 Å². The Morgan fingerprint density at radius 2 is 1.87 bits per heavy atom. The van der Waals surface area contributed by atoms with Crippen LogP contribution in [0.3, 0.4) is 0 Å². The fourth-order valence-corrected chi connectivity index (χ4v) is 3.28. The van der Waals surface area contributed by atoms with E-state index < -0.39 is 22.7 Å². The highest BCUT2D eigenvalue weighted by Gasteiger charge is 2.33. The maximum atomic E-state index is 13.0. The van der Waals surface area contributed by atoms with Crippen LogP contribution in [0.4, 0.5) is 18.9 Å². The summed E-state index contributed by atoms with van der Waals surface area (Å²) in [5.41, 5.74) is 0.452. The average molecular weight is 431 g/mol. The Hall–Kier alpha value is -3.39. The molecule has 0 saturated carbocycles. The van der Waals surface area contributed by atoms with Gasteiger partial charge in [-0.25, -0.2) is 9.67 Å². The summed E-state index contributed by atoms with van der Waals surface area (Å²) in [6.07, 6.45) is -3.28. The van der Waals surface area contributed by atoms with Gasteiger partial charge in [0.05, 0.1) is 33.6 Å². The van der Waals surface area contributed by atoms with Crippen LogP contribution in [0.2, 0.25) is 5.02 Å². The number of amides is 1. The number of nitrogens with one attached hydrogen (secondary N) is 1. The van der Waals surface area contributed by atoms with Gasteiger partial charge >= 0.3 is 6.18 Å². The molecule has 4 aromatic rings. The number of anilines is 1. The maximum Gasteiger partial charge on any atom is 0.417 e. The smallest absolute Gasteiger partial charge is 0.322 e. The first kappa shape index (κ1) is 19.9. The molecule has 2 aromatic carbocycles. The first-order chi connectivity index (χ1) is 14.2. The van der Waals surface area contributed by atoms with Crippen molar-refractivity contribution in [2.75, 3.05) is 5.32 Å². The Morgan fingerprint density at radius 1 is 1.10 bits per heavy atom. The average Bonchev–Trinajstić information content (AvgIpc) is 3.09. The zero-order chi connectivity index (χ0) is 21.5. The Kier molecular flexibility index (Phi) is 4.95. The number of hydrogen-bond donors (Lipinski definition) is 1. The molecule has 0 unspecified atom stereocenters. The highest BCUT2D eigenvalue weighted by Crippen LogP contribution is 2.36. The van der Waals surface area contributed by atoms with Crippen LogP contribution in [0, 0.1) is 6.92 Å². The lowest BCUT2D eigenvalue weighted by atomic mass is 10.1. The van der Waals surface area contributed by atoms with Crippen LogP contribution in [-0.2, 0) is 6.18 Å². The largest absolute Gasteiger partial charge is 0.417 e. The monoisotopic (exact) mass is 430 g/mol. The Bertz CT molecular complexity index is 1270. The summed E-state index contributed by atoms with van der Waals surface area (Å²) in [7, 11) is 0. The van der Waals surface area contributed by atoms with Crippen LogP contribution >= 0.6 is 11.6 Å². The molecule has 0 aliphatic carbocycles. The molecule has 2 aromatic heterocycles.